The first-order chi connectivity index (χ1) is 7.74. The van der Waals surface area contributed by atoms with Gasteiger partial charge in [0.1, 0.15) is 0 Å². The van der Waals surface area contributed by atoms with E-state index in [1.807, 2.05) is 19.3 Å². The molecule has 1 aromatic heterocycles. The van der Waals surface area contributed by atoms with Crippen LogP contribution in [0.3, 0.4) is 0 Å². The average Bonchev–Trinajstić information content (AvgIpc) is 2.65. The van der Waals surface area contributed by atoms with Crippen molar-refractivity contribution in [1.29, 1.82) is 0 Å². The van der Waals surface area contributed by atoms with E-state index in [9.17, 15) is 4.79 Å². The summed E-state index contributed by atoms with van der Waals surface area (Å²) < 4.78 is 1.73. The molecule has 5 nitrogen and oxygen atoms in total. The van der Waals surface area contributed by atoms with Crippen molar-refractivity contribution in [3.8, 4) is 0 Å². The van der Waals surface area contributed by atoms with E-state index in [1.54, 1.807) is 4.68 Å². The Hall–Kier alpha value is -1.20. The molecule has 5 heteroatoms. The minimum absolute atomic E-state index is 0.251. The van der Waals surface area contributed by atoms with Gasteiger partial charge < -0.3 is 5.32 Å². The first-order valence-electron chi connectivity index (χ1n) is 5.67. The van der Waals surface area contributed by atoms with Crippen molar-refractivity contribution in [2.45, 2.75) is 6.42 Å². The Balaban J connectivity index is 1.79. The molecule has 1 aromatic rings. The van der Waals surface area contributed by atoms with Gasteiger partial charge in [0.15, 0.2) is 5.78 Å². The van der Waals surface area contributed by atoms with Crippen LogP contribution in [0.2, 0.25) is 0 Å². The number of hydrogen-bond donors (Lipinski definition) is 1. The number of aromatic nitrogens is 2. The fourth-order valence-electron chi connectivity index (χ4n) is 1.93. The molecule has 16 heavy (non-hydrogen) atoms. The highest BCUT2D eigenvalue weighted by atomic mass is 16.1. The minimum atomic E-state index is 0.251. The van der Waals surface area contributed by atoms with Crippen LogP contribution in [0.15, 0.2) is 12.3 Å². The Morgan fingerprint density at radius 2 is 2.25 bits per heavy atom. The fourth-order valence-corrected chi connectivity index (χ4v) is 1.93. The average molecular weight is 222 g/mol. The topological polar surface area (TPSA) is 50.2 Å². The lowest BCUT2D eigenvalue weighted by molar-refractivity contribution is -0.119. The van der Waals surface area contributed by atoms with Gasteiger partial charge in [-0.1, -0.05) is 0 Å². The van der Waals surface area contributed by atoms with Crippen LogP contribution in [0.4, 0.5) is 0 Å². The number of nitrogens with zero attached hydrogens (tertiary/aromatic N) is 3. The molecule has 0 amide bonds. The number of rotatable bonds is 4. The molecule has 1 aliphatic rings. The van der Waals surface area contributed by atoms with Gasteiger partial charge in [0.05, 0.1) is 18.7 Å². The van der Waals surface area contributed by atoms with Crippen molar-refractivity contribution in [3.05, 3.63) is 18.0 Å². The van der Waals surface area contributed by atoms with Gasteiger partial charge in [-0.15, -0.1) is 0 Å². The van der Waals surface area contributed by atoms with Crippen LogP contribution in [0, 0.1) is 0 Å². The summed E-state index contributed by atoms with van der Waals surface area (Å²) in [6, 6.07) is 1.90. The first kappa shape index (κ1) is 11.3. The normalized spacial score (nSPS) is 17.6. The van der Waals surface area contributed by atoms with E-state index < -0.39 is 0 Å². The van der Waals surface area contributed by atoms with Gasteiger partial charge in [-0.3, -0.25) is 14.4 Å². The highest BCUT2D eigenvalue weighted by Gasteiger charge is 2.14. The Kier molecular flexibility index (Phi) is 3.69. The number of piperazine rings is 1. The molecule has 2 rings (SSSR count). The summed E-state index contributed by atoms with van der Waals surface area (Å²) in [5.41, 5.74) is 0.864. The second kappa shape index (κ2) is 5.23. The van der Waals surface area contributed by atoms with Crippen LogP contribution in [0.5, 0.6) is 0 Å². The molecule has 0 atom stereocenters. The van der Waals surface area contributed by atoms with E-state index in [0.717, 1.165) is 31.9 Å². The quantitative estimate of drug-likeness (QED) is 0.742. The fraction of sp³-hybridized carbons (Fsp3) is 0.636. The molecule has 0 aromatic carbocycles. The van der Waals surface area contributed by atoms with Gasteiger partial charge in [0, 0.05) is 39.4 Å². The Bertz CT molecular complexity index is 355. The molecule has 1 N–H and O–H groups in total. The maximum absolute atomic E-state index is 11.8. The van der Waals surface area contributed by atoms with Crippen LogP contribution in [0.25, 0.3) is 0 Å². The molecule has 1 fully saturated rings. The van der Waals surface area contributed by atoms with Crippen LogP contribution in [-0.4, -0.2) is 53.2 Å². The molecule has 1 aliphatic heterocycles. The predicted molar refractivity (Wildman–Crippen MR) is 61.2 cm³/mol. The van der Waals surface area contributed by atoms with Crippen molar-refractivity contribution >= 4 is 5.78 Å². The van der Waals surface area contributed by atoms with Crippen LogP contribution < -0.4 is 5.32 Å². The summed E-state index contributed by atoms with van der Waals surface area (Å²) in [7, 11) is 1.87. The van der Waals surface area contributed by atoms with Gasteiger partial charge >= 0.3 is 0 Å². The zero-order valence-corrected chi connectivity index (χ0v) is 9.65. The number of Topliss-reactive ketones (excluding diaryl/α,β-unsaturated/α-hetero) is 1. The van der Waals surface area contributed by atoms with Crippen molar-refractivity contribution < 1.29 is 4.79 Å². The van der Waals surface area contributed by atoms with E-state index in [0.29, 0.717) is 13.0 Å². The molecule has 0 bridgehead atoms. The summed E-state index contributed by atoms with van der Waals surface area (Å²) in [6.07, 6.45) is 2.32. The Labute approximate surface area is 95.4 Å². The van der Waals surface area contributed by atoms with E-state index in [1.165, 1.54) is 0 Å². The van der Waals surface area contributed by atoms with Crippen molar-refractivity contribution in [3.63, 3.8) is 0 Å². The standard InChI is InChI=1S/C11H18N4O/c1-14-5-2-10(13-14)8-11(16)9-15-6-3-12-4-7-15/h2,5,12H,3-4,6-9H2,1H3. The molecular weight excluding hydrogens is 204 g/mol. The second-order valence-corrected chi connectivity index (χ2v) is 4.22. The molecule has 1 saturated heterocycles. The predicted octanol–water partition coefficient (Wildman–Crippen LogP) is -0.563. The smallest absolute Gasteiger partial charge is 0.152 e. The molecule has 88 valence electrons. The lowest BCUT2D eigenvalue weighted by Crippen LogP contribution is -2.45. The molecule has 0 unspecified atom stereocenters. The number of hydrogen-bond acceptors (Lipinski definition) is 4. The van der Waals surface area contributed by atoms with Gasteiger partial charge in [-0.25, -0.2) is 0 Å². The highest BCUT2D eigenvalue weighted by molar-refractivity contribution is 5.82. The monoisotopic (exact) mass is 222 g/mol. The maximum atomic E-state index is 11.8. The van der Waals surface area contributed by atoms with E-state index >= 15 is 0 Å². The van der Waals surface area contributed by atoms with Crippen molar-refractivity contribution in [2.75, 3.05) is 32.7 Å². The number of aryl methyl sites for hydroxylation is 1. The third kappa shape index (κ3) is 3.15. The summed E-state index contributed by atoms with van der Waals surface area (Å²) in [4.78, 5) is 14.0. The Morgan fingerprint density at radius 3 is 2.88 bits per heavy atom. The van der Waals surface area contributed by atoms with E-state index in [2.05, 4.69) is 15.3 Å². The molecular formula is C11H18N4O. The summed E-state index contributed by atoms with van der Waals surface area (Å²) in [6.45, 7) is 4.45. The number of carbonyl (C=O) groups is 1. The summed E-state index contributed by atoms with van der Waals surface area (Å²) in [5, 5.41) is 7.48. The SMILES string of the molecule is Cn1ccc(CC(=O)CN2CCNCC2)n1. The molecule has 0 saturated carbocycles. The second-order valence-electron chi connectivity index (χ2n) is 4.22. The number of nitrogens with one attached hydrogen (secondary N) is 1. The third-order valence-corrected chi connectivity index (χ3v) is 2.76. The number of ketones is 1. The zero-order valence-electron chi connectivity index (χ0n) is 9.65. The lowest BCUT2D eigenvalue weighted by atomic mass is 10.2. The maximum Gasteiger partial charge on any atom is 0.152 e. The number of carbonyl (C=O) groups excluding carboxylic acids is 1. The summed E-state index contributed by atoms with van der Waals surface area (Å²) in [5.74, 6) is 0.251. The summed E-state index contributed by atoms with van der Waals surface area (Å²) >= 11 is 0. The van der Waals surface area contributed by atoms with Crippen molar-refractivity contribution in [1.82, 2.24) is 20.0 Å². The largest absolute Gasteiger partial charge is 0.314 e. The lowest BCUT2D eigenvalue weighted by Gasteiger charge is -2.26. The van der Waals surface area contributed by atoms with Crippen LogP contribution in [0.1, 0.15) is 5.69 Å². The van der Waals surface area contributed by atoms with Gasteiger partial charge in [-0.2, -0.15) is 5.10 Å². The molecule has 0 radical (unpaired) electrons. The van der Waals surface area contributed by atoms with Crippen LogP contribution in [-0.2, 0) is 18.3 Å². The molecule has 2 heterocycles. The molecule has 0 aliphatic carbocycles. The van der Waals surface area contributed by atoms with E-state index in [4.69, 9.17) is 0 Å². The van der Waals surface area contributed by atoms with Gasteiger partial charge in [-0.05, 0) is 6.07 Å². The van der Waals surface area contributed by atoms with Crippen LogP contribution >= 0.6 is 0 Å². The van der Waals surface area contributed by atoms with Crippen molar-refractivity contribution in [2.24, 2.45) is 7.05 Å². The molecule has 0 spiro atoms. The zero-order chi connectivity index (χ0) is 11.4. The first-order valence-corrected chi connectivity index (χ1v) is 5.67. The highest BCUT2D eigenvalue weighted by Crippen LogP contribution is 1.99. The van der Waals surface area contributed by atoms with E-state index in [-0.39, 0.29) is 5.78 Å². The van der Waals surface area contributed by atoms with Gasteiger partial charge in [0.2, 0.25) is 0 Å². The van der Waals surface area contributed by atoms with Gasteiger partial charge in [0.25, 0.3) is 0 Å². The Morgan fingerprint density at radius 1 is 1.50 bits per heavy atom. The third-order valence-electron chi connectivity index (χ3n) is 2.76. The minimum Gasteiger partial charge on any atom is -0.314 e.